The van der Waals surface area contributed by atoms with Gasteiger partial charge in [0.1, 0.15) is 0 Å². The van der Waals surface area contributed by atoms with Crippen molar-refractivity contribution in [3.05, 3.63) is 12.3 Å². The maximum atomic E-state index is 6.02. The van der Waals surface area contributed by atoms with Gasteiger partial charge in [-0.05, 0) is 25.1 Å². The molecule has 0 atom stereocenters. The molecule has 0 aliphatic heterocycles. The summed E-state index contributed by atoms with van der Waals surface area (Å²) < 4.78 is 12.0. The van der Waals surface area contributed by atoms with Crippen LogP contribution in [0.3, 0.4) is 0 Å². The molecule has 0 saturated carbocycles. The smallest absolute Gasteiger partial charge is 0.332 e. The van der Waals surface area contributed by atoms with Crippen molar-refractivity contribution in [3.63, 3.8) is 0 Å². The molecule has 0 spiro atoms. The van der Waals surface area contributed by atoms with E-state index in [2.05, 4.69) is 45.8 Å². The molecule has 16 heavy (non-hydrogen) atoms. The zero-order valence-corrected chi connectivity index (χ0v) is 13.6. The van der Waals surface area contributed by atoms with E-state index in [1.165, 1.54) is 0 Å². The summed E-state index contributed by atoms with van der Waals surface area (Å²) in [6.45, 7) is 16.8. The summed E-state index contributed by atoms with van der Waals surface area (Å²) in [7, 11) is -3.29. The van der Waals surface area contributed by atoms with Crippen LogP contribution >= 0.6 is 0 Å². The van der Waals surface area contributed by atoms with Crippen molar-refractivity contribution in [2.24, 2.45) is 0 Å². The van der Waals surface area contributed by atoms with Crippen LogP contribution in [0.2, 0.25) is 25.3 Å². The van der Waals surface area contributed by atoms with Crippen LogP contribution in [0.4, 0.5) is 0 Å². The quantitative estimate of drug-likeness (QED) is 0.586. The fourth-order valence-corrected chi connectivity index (χ4v) is 11.0. The minimum absolute atomic E-state index is 0.827. The van der Waals surface area contributed by atoms with Crippen molar-refractivity contribution in [3.8, 4) is 0 Å². The van der Waals surface area contributed by atoms with E-state index in [1.54, 1.807) is 0 Å². The van der Waals surface area contributed by atoms with E-state index in [0.717, 1.165) is 31.7 Å². The molecule has 2 nitrogen and oxygen atoms in total. The van der Waals surface area contributed by atoms with E-state index in [9.17, 15) is 0 Å². The van der Waals surface area contributed by atoms with Gasteiger partial charge in [0.25, 0.3) is 0 Å². The zero-order valence-electron chi connectivity index (χ0n) is 11.6. The van der Waals surface area contributed by atoms with Gasteiger partial charge in [0.2, 0.25) is 0 Å². The Balaban J connectivity index is 4.44. The van der Waals surface area contributed by atoms with Crippen LogP contribution in [0.1, 0.15) is 26.7 Å². The zero-order chi connectivity index (χ0) is 12.7. The van der Waals surface area contributed by atoms with E-state index < -0.39 is 16.6 Å². The number of rotatable bonds is 9. The Morgan fingerprint density at radius 3 is 1.75 bits per heavy atom. The molecule has 0 aromatic heterocycles. The Morgan fingerprint density at radius 1 is 1.00 bits per heavy atom. The SMILES string of the molecule is C=C[Si](C)(C)C[Si](C)(OCCC)OCCC. The molecule has 0 amide bonds. The van der Waals surface area contributed by atoms with Gasteiger partial charge < -0.3 is 8.85 Å². The van der Waals surface area contributed by atoms with Crippen LogP contribution in [0.5, 0.6) is 0 Å². The lowest BCUT2D eigenvalue weighted by molar-refractivity contribution is 0.177. The van der Waals surface area contributed by atoms with E-state index in [0.29, 0.717) is 0 Å². The summed E-state index contributed by atoms with van der Waals surface area (Å²) in [5, 5.41) is 0. The lowest BCUT2D eigenvalue weighted by Gasteiger charge is -2.32. The van der Waals surface area contributed by atoms with E-state index in [1.807, 2.05) is 0 Å². The highest BCUT2D eigenvalue weighted by Crippen LogP contribution is 2.23. The average molecular weight is 261 g/mol. The second kappa shape index (κ2) is 7.43. The van der Waals surface area contributed by atoms with Gasteiger partial charge in [-0.1, -0.05) is 26.9 Å². The van der Waals surface area contributed by atoms with Gasteiger partial charge in [-0.25, -0.2) is 0 Å². The first-order valence-electron chi connectivity index (χ1n) is 6.30. The standard InChI is InChI=1S/C12H28O2Si2/c1-7-10-13-16(6,14-11-8-2)12-15(4,5)9-3/h9H,3,7-8,10-12H2,1-2,4-6H3. The molecule has 0 radical (unpaired) electrons. The maximum absolute atomic E-state index is 6.02. The third kappa shape index (κ3) is 6.63. The number of hydrogen-bond donors (Lipinski definition) is 0. The predicted molar refractivity (Wildman–Crippen MR) is 76.6 cm³/mol. The molecule has 0 rings (SSSR count). The average Bonchev–Trinajstić information content (AvgIpc) is 2.23. The molecule has 0 saturated heterocycles. The molecule has 0 aliphatic rings. The second-order valence-corrected chi connectivity index (χ2v) is 13.8. The predicted octanol–water partition coefficient (Wildman–Crippen LogP) is 3.88. The van der Waals surface area contributed by atoms with Crippen molar-refractivity contribution in [2.45, 2.75) is 52.0 Å². The van der Waals surface area contributed by atoms with Gasteiger partial charge in [0, 0.05) is 13.2 Å². The molecule has 0 aliphatic carbocycles. The molecule has 0 fully saturated rings. The maximum Gasteiger partial charge on any atom is 0.332 e. The van der Waals surface area contributed by atoms with Crippen LogP contribution in [-0.4, -0.2) is 29.8 Å². The summed E-state index contributed by atoms with van der Waals surface area (Å²) >= 11 is 0. The molecule has 0 N–H and O–H groups in total. The second-order valence-electron chi connectivity index (χ2n) is 5.20. The van der Waals surface area contributed by atoms with Crippen LogP contribution in [0, 0.1) is 0 Å². The summed E-state index contributed by atoms with van der Waals surface area (Å²) in [6.07, 6.45) is 2.13. The molecule has 0 aromatic rings. The summed E-state index contributed by atoms with van der Waals surface area (Å²) in [5.41, 5.74) is 3.26. The highest BCUT2D eigenvalue weighted by Gasteiger charge is 2.37. The molecule has 0 unspecified atom stereocenters. The summed E-state index contributed by atoms with van der Waals surface area (Å²) in [5.74, 6) is 0. The van der Waals surface area contributed by atoms with Crippen molar-refractivity contribution in [1.29, 1.82) is 0 Å². The normalized spacial score (nSPS) is 12.8. The lowest BCUT2D eigenvalue weighted by atomic mass is 10.5. The van der Waals surface area contributed by atoms with Crippen LogP contribution < -0.4 is 0 Å². The molecule has 4 heteroatoms. The van der Waals surface area contributed by atoms with Crippen molar-refractivity contribution in [1.82, 2.24) is 0 Å². The molecule has 96 valence electrons. The minimum Gasteiger partial charge on any atom is -0.395 e. The van der Waals surface area contributed by atoms with E-state index >= 15 is 0 Å². The van der Waals surface area contributed by atoms with Crippen LogP contribution in [0.25, 0.3) is 0 Å². The topological polar surface area (TPSA) is 18.5 Å². The van der Waals surface area contributed by atoms with E-state index in [-0.39, 0.29) is 0 Å². The van der Waals surface area contributed by atoms with E-state index in [4.69, 9.17) is 8.85 Å². The Hall–Kier alpha value is 0.0938. The largest absolute Gasteiger partial charge is 0.395 e. The summed E-state index contributed by atoms with van der Waals surface area (Å²) in [4.78, 5) is 0. The van der Waals surface area contributed by atoms with Gasteiger partial charge in [0.05, 0.1) is 8.07 Å². The highest BCUT2D eigenvalue weighted by molar-refractivity contribution is 6.93. The first kappa shape index (κ1) is 16.1. The Morgan fingerprint density at radius 2 is 1.44 bits per heavy atom. The Labute approximate surface area is 103 Å². The molecular formula is C12H28O2Si2. The van der Waals surface area contributed by atoms with Gasteiger partial charge in [-0.3, -0.25) is 0 Å². The molecule has 0 aromatic carbocycles. The van der Waals surface area contributed by atoms with Gasteiger partial charge in [0.15, 0.2) is 0 Å². The molecule has 0 heterocycles. The van der Waals surface area contributed by atoms with Gasteiger partial charge in [-0.15, -0.1) is 12.3 Å². The first-order chi connectivity index (χ1) is 7.39. The Kier molecular flexibility index (Phi) is 7.47. The monoisotopic (exact) mass is 260 g/mol. The fourth-order valence-electron chi connectivity index (χ4n) is 1.68. The first-order valence-corrected chi connectivity index (χ1v) is 12.1. The highest BCUT2D eigenvalue weighted by atomic mass is 28.4. The van der Waals surface area contributed by atoms with Crippen molar-refractivity contribution < 1.29 is 8.85 Å². The molecular weight excluding hydrogens is 232 g/mol. The fraction of sp³-hybridized carbons (Fsp3) is 0.833. The van der Waals surface area contributed by atoms with Crippen LogP contribution in [0.15, 0.2) is 12.3 Å². The third-order valence-electron chi connectivity index (χ3n) is 2.55. The van der Waals surface area contributed by atoms with Crippen molar-refractivity contribution >= 4 is 16.6 Å². The Bertz CT molecular complexity index is 197. The number of hydrogen-bond acceptors (Lipinski definition) is 2. The van der Waals surface area contributed by atoms with Crippen molar-refractivity contribution in [2.75, 3.05) is 13.2 Å². The van der Waals surface area contributed by atoms with Crippen LogP contribution in [-0.2, 0) is 8.85 Å². The third-order valence-corrected chi connectivity index (χ3v) is 11.5. The van der Waals surface area contributed by atoms with Gasteiger partial charge >= 0.3 is 8.56 Å². The summed E-state index contributed by atoms with van der Waals surface area (Å²) in [6, 6.07) is 0. The lowest BCUT2D eigenvalue weighted by Crippen LogP contribution is -2.46. The minimum atomic E-state index is -1.96. The van der Waals surface area contributed by atoms with Gasteiger partial charge in [-0.2, -0.15) is 0 Å². The molecule has 0 bridgehead atoms.